The summed E-state index contributed by atoms with van der Waals surface area (Å²) in [5.74, 6) is 0.203. The third-order valence-electron chi connectivity index (χ3n) is 6.14. The summed E-state index contributed by atoms with van der Waals surface area (Å²) in [6, 6.07) is 22.3. The summed E-state index contributed by atoms with van der Waals surface area (Å²) in [7, 11) is 1.56. The minimum atomic E-state index is -0.314. The van der Waals surface area contributed by atoms with Gasteiger partial charge in [0.1, 0.15) is 5.75 Å². The summed E-state index contributed by atoms with van der Waals surface area (Å²) in [6.07, 6.45) is 1.69. The topological polar surface area (TPSA) is 55.6 Å². The van der Waals surface area contributed by atoms with E-state index < -0.39 is 0 Å². The summed E-state index contributed by atoms with van der Waals surface area (Å²) in [4.78, 5) is 12.8. The zero-order valence-corrected chi connectivity index (χ0v) is 20.6. The maximum absolute atomic E-state index is 12.8. The summed E-state index contributed by atoms with van der Waals surface area (Å²) >= 11 is 0. The van der Waals surface area contributed by atoms with Crippen LogP contribution in [-0.2, 0) is 5.41 Å². The van der Waals surface area contributed by atoms with Crippen molar-refractivity contribution >= 4 is 22.9 Å². The number of carbonyl (C=O) groups is 1. The molecule has 0 aliphatic carbocycles. The number of fused-ring (bicyclic) bond motifs is 1. The second-order valence-electron chi connectivity index (χ2n) is 9.56. The molecule has 1 amide bonds. The van der Waals surface area contributed by atoms with Crippen LogP contribution in [0.25, 0.3) is 16.5 Å². The number of aryl methyl sites for hydroxylation is 1. The van der Waals surface area contributed by atoms with E-state index in [0.29, 0.717) is 11.3 Å². The highest BCUT2D eigenvalue weighted by Gasteiger charge is 2.16. The lowest BCUT2D eigenvalue weighted by molar-refractivity contribution is 0.0952. The van der Waals surface area contributed by atoms with Crippen molar-refractivity contribution in [2.75, 3.05) is 7.11 Å². The summed E-state index contributed by atoms with van der Waals surface area (Å²) < 4.78 is 7.64. The van der Waals surface area contributed by atoms with Crippen LogP contribution in [0.4, 0.5) is 0 Å². The van der Waals surface area contributed by atoms with Crippen molar-refractivity contribution in [3.8, 4) is 11.4 Å². The van der Waals surface area contributed by atoms with Gasteiger partial charge in [-0.15, -0.1) is 0 Å². The van der Waals surface area contributed by atoms with E-state index in [0.717, 1.165) is 33.4 Å². The van der Waals surface area contributed by atoms with E-state index in [1.807, 2.05) is 36.4 Å². The van der Waals surface area contributed by atoms with Crippen molar-refractivity contribution in [1.29, 1.82) is 0 Å². The Kier molecular flexibility index (Phi) is 6.29. The van der Waals surface area contributed by atoms with Gasteiger partial charge in [-0.05, 0) is 65.9 Å². The zero-order chi connectivity index (χ0) is 24.5. The zero-order valence-electron chi connectivity index (χ0n) is 20.6. The highest BCUT2D eigenvalue weighted by Crippen LogP contribution is 2.27. The number of carbonyl (C=O) groups excluding carboxylic acids is 1. The molecular formula is C29H31N3O2. The third-order valence-corrected chi connectivity index (χ3v) is 6.14. The fraction of sp³-hybridized carbons (Fsp3) is 0.241. The number of aromatic nitrogens is 1. The minimum Gasteiger partial charge on any atom is -0.496 e. The Morgan fingerprint density at radius 3 is 2.24 bits per heavy atom. The molecule has 0 unspecified atom stereocenters. The molecule has 0 aliphatic rings. The van der Waals surface area contributed by atoms with E-state index in [9.17, 15) is 4.79 Å². The van der Waals surface area contributed by atoms with Gasteiger partial charge in [0, 0.05) is 22.6 Å². The molecule has 0 saturated carbocycles. The first-order valence-corrected chi connectivity index (χ1v) is 11.4. The van der Waals surface area contributed by atoms with Crippen LogP contribution in [0, 0.1) is 13.8 Å². The molecule has 0 atom stereocenters. The van der Waals surface area contributed by atoms with Gasteiger partial charge in [-0.1, -0.05) is 57.2 Å². The molecule has 1 aromatic heterocycles. The second kappa shape index (κ2) is 9.18. The number of hydrogen-bond acceptors (Lipinski definition) is 3. The van der Waals surface area contributed by atoms with E-state index in [2.05, 4.69) is 80.0 Å². The Morgan fingerprint density at radius 2 is 1.62 bits per heavy atom. The molecule has 0 spiro atoms. The van der Waals surface area contributed by atoms with Crippen LogP contribution in [-0.4, -0.2) is 23.8 Å². The Labute approximate surface area is 201 Å². The third kappa shape index (κ3) is 4.60. The first-order chi connectivity index (χ1) is 16.2. The van der Waals surface area contributed by atoms with Crippen LogP contribution in [0.1, 0.15) is 53.6 Å². The number of ether oxygens (including phenoxy) is 1. The van der Waals surface area contributed by atoms with Gasteiger partial charge in [-0.2, -0.15) is 5.10 Å². The molecule has 174 valence electrons. The molecule has 1 N–H and O–H groups in total. The molecular weight excluding hydrogens is 422 g/mol. The molecule has 4 aromatic rings. The second-order valence-corrected chi connectivity index (χ2v) is 9.56. The highest BCUT2D eigenvalue weighted by molar-refractivity contribution is 6.02. The maximum atomic E-state index is 12.8. The standard InChI is InChI=1S/C29H31N3O2/c1-19-15-23(20(2)32(19)25-13-11-24(12-14-25)29(3,4)5)18-30-31-28(33)26-16-21-9-7-8-10-22(21)17-27(26)34-6/h7-18H,1-6H3,(H,31,33)/b30-18-. The van der Waals surface area contributed by atoms with Gasteiger partial charge in [0.05, 0.1) is 18.9 Å². The number of nitrogens with one attached hydrogen (secondary N) is 1. The normalized spacial score (nSPS) is 11.8. The Balaban J connectivity index is 1.55. The number of nitrogens with zero attached hydrogens (tertiary/aromatic N) is 2. The minimum absolute atomic E-state index is 0.114. The molecule has 3 aromatic carbocycles. The maximum Gasteiger partial charge on any atom is 0.275 e. The number of amides is 1. The Morgan fingerprint density at radius 1 is 0.971 bits per heavy atom. The number of benzene rings is 3. The Hall–Kier alpha value is -3.86. The summed E-state index contributed by atoms with van der Waals surface area (Å²) in [6.45, 7) is 10.8. The lowest BCUT2D eigenvalue weighted by Crippen LogP contribution is -2.18. The quantitative estimate of drug-likeness (QED) is 0.284. The highest BCUT2D eigenvalue weighted by atomic mass is 16.5. The van der Waals surface area contributed by atoms with Crippen molar-refractivity contribution in [1.82, 2.24) is 9.99 Å². The Bertz CT molecular complexity index is 1370. The smallest absolute Gasteiger partial charge is 0.275 e. The lowest BCUT2D eigenvalue weighted by atomic mass is 9.87. The lowest BCUT2D eigenvalue weighted by Gasteiger charge is -2.20. The van der Waals surface area contributed by atoms with E-state index in [1.165, 1.54) is 5.56 Å². The molecule has 5 heteroatoms. The summed E-state index contributed by atoms with van der Waals surface area (Å²) in [5.41, 5.74) is 8.72. The molecule has 0 saturated heterocycles. The molecule has 34 heavy (non-hydrogen) atoms. The van der Waals surface area contributed by atoms with Crippen LogP contribution in [0.2, 0.25) is 0 Å². The van der Waals surface area contributed by atoms with Crippen molar-refractivity contribution < 1.29 is 9.53 Å². The van der Waals surface area contributed by atoms with Crippen molar-refractivity contribution in [2.24, 2.45) is 5.10 Å². The van der Waals surface area contributed by atoms with Gasteiger partial charge in [0.15, 0.2) is 0 Å². The fourth-order valence-corrected chi connectivity index (χ4v) is 4.21. The molecule has 0 fully saturated rings. The number of rotatable bonds is 5. The number of methoxy groups -OCH3 is 1. The van der Waals surface area contributed by atoms with Crippen molar-refractivity contribution in [2.45, 2.75) is 40.0 Å². The predicted octanol–water partition coefficient (Wildman–Crippen LogP) is 6.32. The predicted molar refractivity (Wildman–Crippen MR) is 140 cm³/mol. The van der Waals surface area contributed by atoms with E-state index >= 15 is 0 Å². The van der Waals surface area contributed by atoms with Crippen LogP contribution in [0.3, 0.4) is 0 Å². The van der Waals surface area contributed by atoms with Crippen LogP contribution >= 0.6 is 0 Å². The van der Waals surface area contributed by atoms with E-state index in [1.54, 1.807) is 13.3 Å². The van der Waals surface area contributed by atoms with Crippen LogP contribution in [0.5, 0.6) is 5.75 Å². The van der Waals surface area contributed by atoms with Gasteiger partial charge in [0.2, 0.25) is 0 Å². The summed E-state index contributed by atoms with van der Waals surface area (Å²) in [5, 5.41) is 6.22. The number of hydrogen-bond donors (Lipinski definition) is 1. The molecule has 1 heterocycles. The molecule has 0 aliphatic heterocycles. The van der Waals surface area contributed by atoms with Gasteiger partial charge in [-0.25, -0.2) is 5.43 Å². The SMILES string of the molecule is COc1cc2ccccc2cc1C(=O)N/N=C\c1cc(C)n(-c2ccc(C(C)(C)C)cc2)c1C. The van der Waals surface area contributed by atoms with Crippen molar-refractivity contribution in [3.05, 3.63) is 94.8 Å². The molecule has 0 bridgehead atoms. The van der Waals surface area contributed by atoms with E-state index in [4.69, 9.17) is 4.74 Å². The van der Waals surface area contributed by atoms with E-state index in [-0.39, 0.29) is 11.3 Å². The monoisotopic (exact) mass is 453 g/mol. The van der Waals surface area contributed by atoms with Crippen LogP contribution < -0.4 is 10.2 Å². The largest absolute Gasteiger partial charge is 0.496 e. The molecule has 4 rings (SSSR count). The molecule has 5 nitrogen and oxygen atoms in total. The number of hydrazone groups is 1. The van der Waals surface area contributed by atoms with Gasteiger partial charge >= 0.3 is 0 Å². The fourth-order valence-electron chi connectivity index (χ4n) is 4.21. The van der Waals surface area contributed by atoms with Gasteiger partial charge in [0.25, 0.3) is 5.91 Å². The van der Waals surface area contributed by atoms with Gasteiger partial charge in [-0.3, -0.25) is 4.79 Å². The van der Waals surface area contributed by atoms with Crippen molar-refractivity contribution in [3.63, 3.8) is 0 Å². The first kappa shape index (κ1) is 23.3. The average molecular weight is 454 g/mol. The first-order valence-electron chi connectivity index (χ1n) is 11.4. The van der Waals surface area contributed by atoms with Crippen LogP contribution in [0.15, 0.2) is 71.8 Å². The molecule has 0 radical (unpaired) electrons. The average Bonchev–Trinajstić information content (AvgIpc) is 3.10. The van der Waals surface area contributed by atoms with Gasteiger partial charge < -0.3 is 9.30 Å².